The number of nitrogens with zero attached hydrogens (tertiary/aromatic N) is 6. The topological polar surface area (TPSA) is 275 Å². The molecule has 22 nitrogen and oxygen atoms in total. The van der Waals surface area contributed by atoms with Gasteiger partial charge in [0.25, 0.3) is 0 Å². The van der Waals surface area contributed by atoms with Crippen molar-refractivity contribution in [2.75, 3.05) is 75.8 Å². The van der Waals surface area contributed by atoms with E-state index in [1.165, 1.54) is 26.9 Å². The zero-order valence-electron chi connectivity index (χ0n) is 45.5. The summed E-state index contributed by atoms with van der Waals surface area (Å²) in [7, 11) is 6.31. The van der Waals surface area contributed by atoms with Gasteiger partial charge in [0, 0.05) is 36.0 Å². The van der Waals surface area contributed by atoms with E-state index in [0.717, 1.165) is 0 Å². The van der Waals surface area contributed by atoms with E-state index < -0.39 is 58.9 Å². The van der Waals surface area contributed by atoms with E-state index >= 15 is 0 Å². The molecule has 6 rings (SSSR count). The van der Waals surface area contributed by atoms with Gasteiger partial charge in [0.2, 0.25) is 35.4 Å². The minimum Gasteiger partial charge on any atom is -0.494 e. The molecule has 0 aliphatic carbocycles. The highest BCUT2D eigenvalue weighted by atomic mass is 16.5. The van der Waals surface area contributed by atoms with Gasteiger partial charge in [-0.05, 0) is 88.4 Å². The van der Waals surface area contributed by atoms with E-state index in [0.29, 0.717) is 95.1 Å². The molecule has 0 saturated carbocycles. The summed E-state index contributed by atoms with van der Waals surface area (Å²) in [5, 5.41) is 25.1. The minimum absolute atomic E-state index is 0.170. The second-order valence-corrected chi connectivity index (χ2v) is 20.9. The van der Waals surface area contributed by atoms with Gasteiger partial charge in [0.1, 0.15) is 60.0 Å². The van der Waals surface area contributed by atoms with Crippen LogP contribution in [0, 0.1) is 34.5 Å². The van der Waals surface area contributed by atoms with Gasteiger partial charge in [-0.3, -0.25) is 28.8 Å². The summed E-state index contributed by atoms with van der Waals surface area (Å²) >= 11 is 0. The van der Waals surface area contributed by atoms with E-state index in [4.69, 9.17) is 9.47 Å². The van der Waals surface area contributed by atoms with E-state index in [-0.39, 0.29) is 36.7 Å². The number of fused-ring (bicyclic) bond motifs is 2. The van der Waals surface area contributed by atoms with Crippen LogP contribution in [0.25, 0.3) is 21.8 Å². The molecule has 4 aromatic rings. The van der Waals surface area contributed by atoms with Crippen LogP contribution in [0.5, 0.6) is 11.5 Å². The molecule has 2 aliphatic rings. The molecular weight excluding hydrogens is 973 g/mol. The number of ether oxygens (including phenoxy) is 2. The number of hydrogen-bond donors (Lipinski definition) is 8. The number of nitrogens with one attached hydrogen (secondary N) is 8. The lowest BCUT2D eigenvalue weighted by Crippen LogP contribution is -2.59. The molecule has 2 saturated heterocycles. The van der Waals surface area contributed by atoms with Crippen molar-refractivity contribution < 1.29 is 38.2 Å². The van der Waals surface area contributed by atoms with Gasteiger partial charge >= 0.3 is 0 Å². The van der Waals surface area contributed by atoms with E-state index in [1.54, 1.807) is 62.0 Å². The van der Waals surface area contributed by atoms with Crippen LogP contribution in [-0.2, 0) is 28.8 Å². The van der Waals surface area contributed by atoms with Gasteiger partial charge in [0.15, 0.2) is 0 Å². The third-order valence-electron chi connectivity index (χ3n) is 13.5. The standard InChI is InChI=1S/C54H72N14O8/c1-31(55-9)47(69)65-43(53(3,4)5)51(73)67-23-17-19-39(67)49(71)63-37-25-33-35(27-41(37)75-11)59-29-61-45(33)57-21-15-13-14-16-22-58-46-34-26-38(42(76-12)28-36(34)60-30-62-46)64-50(72)40-20-18-24-68(40)52(74)44(54(6,7)8)66-48(70)32(2)56-10/h25-32,39-40,43-44,55-56H,17-24H2,1-12H3,(H,63,71)(H,64,72)(H,65,69)(H,66,70)(H,57,59,61)(H,58,60,62)/t31-,32-,39-,40-,43+,44+/m0/s1. The monoisotopic (exact) mass is 1040 g/mol. The van der Waals surface area contributed by atoms with Gasteiger partial charge in [-0.15, -0.1) is 0 Å². The summed E-state index contributed by atoms with van der Waals surface area (Å²) in [5.41, 5.74) is 0.574. The molecule has 0 radical (unpaired) electrons. The largest absolute Gasteiger partial charge is 0.494 e. The SMILES string of the molecule is CN[C@@H](C)C(=O)N[C@H](C(=O)N1CCC[C@H]1C(=O)Nc1cc2c(NCC#CC#CCNc3ncnc4cc(OC)c(NC(=O)[C@@H]5CCCN5C(=O)[C@@H](NC(=O)[C@H](C)NC)C(C)(C)C)cc34)ncnc2cc1OC)C(C)(C)C. The Morgan fingerprint density at radius 3 is 1.34 bits per heavy atom. The van der Waals surface area contributed by atoms with Crippen LogP contribution < -0.4 is 52.0 Å². The lowest BCUT2D eigenvalue weighted by atomic mass is 9.85. The first-order valence-electron chi connectivity index (χ1n) is 25.4. The third-order valence-corrected chi connectivity index (χ3v) is 13.5. The normalized spacial score (nSPS) is 16.9. The zero-order valence-corrected chi connectivity index (χ0v) is 45.5. The lowest BCUT2D eigenvalue weighted by Gasteiger charge is -2.36. The molecule has 8 N–H and O–H groups in total. The number of likely N-dealkylation sites (tertiary alicyclic amines) is 2. The van der Waals surface area contributed by atoms with Crippen molar-refractivity contribution in [3.05, 3.63) is 36.9 Å². The molecule has 6 atom stereocenters. The number of carbonyl (C=O) groups is 6. The number of likely N-dealkylation sites (N-methyl/N-ethyl adjacent to an activating group) is 2. The summed E-state index contributed by atoms with van der Waals surface area (Å²) in [6.45, 7) is 15.7. The Balaban J connectivity index is 1.09. The van der Waals surface area contributed by atoms with Crippen molar-refractivity contribution in [2.45, 2.75) is 117 Å². The maximum absolute atomic E-state index is 14.0. The number of carbonyl (C=O) groups excluding carboxylic acids is 6. The molecule has 0 spiro atoms. The third kappa shape index (κ3) is 13.7. The molecule has 76 heavy (non-hydrogen) atoms. The van der Waals surface area contributed by atoms with Crippen molar-refractivity contribution >= 4 is 80.3 Å². The number of benzene rings is 2. The summed E-state index contributed by atoms with van der Waals surface area (Å²) in [6, 6.07) is 2.52. The van der Waals surface area contributed by atoms with Crippen molar-refractivity contribution in [3.63, 3.8) is 0 Å². The lowest BCUT2D eigenvalue weighted by molar-refractivity contribution is -0.143. The van der Waals surface area contributed by atoms with Crippen LogP contribution in [0.3, 0.4) is 0 Å². The number of amides is 6. The maximum atomic E-state index is 14.0. The number of anilines is 4. The molecule has 4 heterocycles. The zero-order chi connectivity index (χ0) is 55.5. The van der Waals surface area contributed by atoms with Gasteiger partial charge in [-0.2, -0.15) is 0 Å². The molecular formula is C54H72N14O8. The average molecular weight is 1050 g/mol. The second-order valence-electron chi connectivity index (χ2n) is 20.9. The molecule has 6 amide bonds. The predicted molar refractivity (Wildman–Crippen MR) is 291 cm³/mol. The average Bonchev–Trinajstić information content (AvgIpc) is 4.11. The van der Waals surface area contributed by atoms with Crippen LogP contribution in [0.4, 0.5) is 23.0 Å². The fraction of sp³-hybridized carbons (Fsp3) is 0.519. The molecule has 2 aromatic heterocycles. The highest BCUT2D eigenvalue weighted by molar-refractivity contribution is 6.04. The van der Waals surface area contributed by atoms with E-state index in [1.807, 2.05) is 41.5 Å². The van der Waals surface area contributed by atoms with Gasteiger partial charge in [0.05, 0.1) is 61.8 Å². The summed E-state index contributed by atoms with van der Waals surface area (Å²) in [6.07, 6.45) is 4.93. The van der Waals surface area contributed by atoms with Crippen LogP contribution >= 0.6 is 0 Å². The van der Waals surface area contributed by atoms with E-state index in [9.17, 15) is 28.8 Å². The van der Waals surface area contributed by atoms with Crippen molar-refractivity contribution in [1.82, 2.24) is 51.0 Å². The van der Waals surface area contributed by atoms with Gasteiger partial charge in [-0.1, -0.05) is 53.4 Å². The van der Waals surface area contributed by atoms with Gasteiger partial charge in [-0.25, -0.2) is 19.9 Å². The smallest absolute Gasteiger partial charge is 0.247 e. The highest BCUT2D eigenvalue weighted by Crippen LogP contribution is 2.35. The fourth-order valence-electron chi connectivity index (χ4n) is 8.88. The number of methoxy groups -OCH3 is 2. The van der Waals surface area contributed by atoms with Crippen molar-refractivity contribution in [3.8, 4) is 35.2 Å². The van der Waals surface area contributed by atoms with Crippen molar-refractivity contribution in [2.24, 2.45) is 10.8 Å². The van der Waals surface area contributed by atoms with Crippen LogP contribution in [-0.4, -0.2) is 156 Å². The molecule has 0 unspecified atom stereocenters. The Labute approximate surface area is 444 Å². The maximum Gasteiger partial charge on any atom is 0.247 e. The molecule has 406 valence electrons. The Morgan fingerprint density at radius 2 is 1.00 bits per heavy atom. The molecule has 22 heteroatoms. The molecule has 2 aromatic carbocycles. The van der Waals surface area contributed by atoms with Gasteiger partial charge < -0.3 is 61.8 Å². The second kappa shape index (κ2) is 25.1. The van der Waals surface area contributed by atoms with Crippen LogP contribution in [0.2, 0.25) is 0 Å². The first-order valence-corrected chi connectivity index (χ1v) is 25.4. The number of rotatable bonds is 18. The van der Waals surface area contributed by atoms with Crippen LogP contribution in [0.1, 0.15) is 81.1 Å². The Kier molecular flexibility index (Phi) is 19.0. The predicted octanol–water partition coefficient (Wildman–Crippen LogP) is 3.26. The van der Waals surface area contributed by atoms with Crippen molar-refractivity contribution in [1.29, 1.82) is 0 Å². The summed E-state index contributed by atoms with van der Waals surface area (Å²) < 4.78 is 11.3. The Bertz CT molecular complexity index is 2750. The molecule has 0 bridgehead atoms. The molecule has 2 fully saturated rings. The highest BCUT2D eigenvalue weighted by Gasteiger charge is 2.44. The number of aromatic nitrogens is 4. The fourth-order valence-corrected chi connectivity index (χ4v) is 8.88. The number of hydrogen-bond acceptors (Lipinski definition) is 16. The Hall–Kier alpha value is -7.82. The first-order chi connectivity index (χ1) is 36.1. The van der Waals surface area contributed by atoms with Crippen LogP contribution in [0.15, 0.2) is 36.9 Å². The summed E-state index contributed by atoms with van der Waals surface area (Å²) in [4.78, 5) is 102. The molecule has 2 aliphatic heterocycles. The summed E-state index contributed by atoms with van der Waals surface area (Å²) in [5.74, 6) is 11.2. The quantitative estimate of drug-likeness (QED) is 0.0665. The van der Waals surface area contributed by atoms with E-state index in [2.05, 4.69) is 86.2 Å². The minimum atomic E-state index is -0.855. The first kappa shape index (κ1) is 57.5. The Morgan fingerprint density at radius 1 is 0.618 bits per heavy atom.